The van der Waals surface area contributed by atoms with Gasteiger partial charge in [0.05, 0.1) is 63.4 Å². The van der Waals surface area contributed by atoms with Crippen molar-refractivity contribution >= 4 is 52.5 Å². The summed E-state index contributed by atoms with van der Waals surface area (Å²) >= 11 is 0. The molecule has 7 rings (SSSR count). The van der Waals surface area contributed by atoms with Gasteiger partial charge in [0.25, 0.3) is 23.5 Å². The van der Waals surface area contributed by atoms with Gasteiger partial charge in [-0.1, -0.05) is 120 Å². The minimum absolute atomic E-state index is 0.0833. The van der Waals surface area contributed by atoms with Gasteiger partial charge in [0.15, 0.2) is 0 Å². The molecule has 22 nitrogen and oxygen atoms in total. The summed E-state index contributed by atoms with van der Waals surface area (Å²) in [7, 11) is 5.37. The van der Waals surface area contributed by atoms with Crippen LogP contribution in [-0.2, 0) is 36.8 Å². The number of aromatic amines is 1. The molecule has 3 aromatic carbocycles. The van der Waals surface area contributed by atoms with Gasteiger partial charge >= 0.3 is 12.2 Å². The molecule has 1 aliphatic rings. The molecule has 1 saturated heterocycles. The minimum atomic E-state index is -1.22. The fourth-order valence-electron chi connectivity index (χ4n) is 9.10. The third-order valence-electron chi connectivity index (χ3n) is 13.6. The van der Waals surface area contributed by atoms with Gasteiger partial charge in [-0.25, -0.2) is 19.6 Å². The van der Waals surface area contributed by atoms with E-state index in [4.69, 9.17) is 18.9 Å². The highest BCUT2D eigenvalue weighted by Gasteiger charge is 2.38. The Hall–Kier alpha value is -8.89. The average molecular weight is 1130 g/mol. The Morgan fingerprint density at radius 1 is 0.671 bits per heavy atom. The maximum absolute atomic E-state index is 13.8. The van der Waals surface area contributed by atoms with Gasteiger partial charge in [-0.05, 0) is 52.6 Å². The number of hydrazine groups is 1. The van der Waals surface area contributed by atoms with E-state index in [9.17, 15) is 38.7 Å². The zero-order chi connectivity index (χ0) is 59.7. The number of hydrogen-bond acceptors (Lipinski definition) is 15. The van der Waals surface area contributed by atoms with E-state index < -0.39 is 70.8 Å². The van der Waals surface area contributed by atoms with Gasteiger partial charge in [-0.2, -0.15) is 0 Å². The minimum Gasteiger partial charge on any atom is -0.494 e. The first-order chi connectivity index (χ1) is 39.1. The van der Waals surface area contributed by atoms with Crippen LogP contribution < -0.4 is 30.8 Å². The molecule has 0 spiro atoms. The van der Waals surface area contributed by atoms with E-state index in [1.54, 1.807) is 49.0 Å². The fourth-order valence-corrected chi connectivity index (χ4v) is 9.10. The number of fused-ring (bicyclic) bond motifs is 1. The zero-order valence-electron chi connectivity index (χ0n) is 48.0. The number of nitrogens with one attached hydrogen (secondary N) is 5. The van der Waals surface area contributed by atoms with E-state index in [0.29, 0.717) is 41.2 Å². The quantitative estimate of drug-likeness (QED) is 0.0310. The number of benzene rings is 3. The molecule has 0 bridgehead atoms. The van der Waals surface area contributed by atoms with Gasteiger partial charge in [0, 0.05) is 62.8 Å². The smallest absolute Gasteiger partial charge is 0.407 e. The van der Waals surface area contributed by atoms with Crippen LogP contribution in [0.15, 0.2) is 122 Å². The summed E-state index contributed by atoms with van der Waals surface area (Å²) in [5.74, 6) is -1.72. The number of pyridine rings is 2. The van der Waals surface area contributed by atoms with Crippen molar-refractivity contribution in [2.45, 2.75) is 78.7 Å². The van der Waals surface area contributed by atoms with Crippen molar-refractivity contribution in [1.29, 1.82) is 0 Å². The van der Waals surface area contributed by atoms with E-state index in [-0.39, 0.29) is 44.1 Å². The average Bonchev–Trinajstić information content (AvgIpc) is 4.15. The van der Waals surface area contributed by atoms with Crippen molar-refractivity contribution in [2.24, 2.45) is 10.8 Å². The molecular weight excluding hydrogens is 1050 g/mol. The molecule has 6 amide bonds. The third kappa shape index (κ3) is 16.6. The van der Waals surface area contributed by atoms with Crippen molar-refractivity contribution in [3.63, 3.8) is 0 Å². The number of nitrogens with zero attached hydrogens (tertiary/aromatic N) is 5. The maximum atomic E-state index is 13.8. The molecule has 0 aliphatic carbocycles. The molecule has 0 radical (unpaired) electrons. The standard InChI is InChI=1S/C38H52N6O7.C22H22N4O5/c1-37(2,3)31(41-35(48)50-7)33(46)40-29(22-25-14-10-9-11-15-25)30(45)24-44(43-34(47)32(38(4,5)6)42-36(49)51-8)23-26-17-19-27(20-18-26)28-16-12-13-21-39-28;1-30-16-13-24-20(31-2)18-17(16)15(12-23-18)19(27)22(29)26-10-8-25(9-11-26)21(28)14-6-4-3-5-7-14/h9-21,29-32,45H,22-24H2,1-8H3,(H,40,46)(H,41,48)(H,42,49)(H,43,47);3-7,12-13,23H,8-11H2,1-2H3/t29-,30-,31+,32+;/m0./s1. The van der Waals surface area contributed by atoms with E-state index in [1.807, 2.05) is 112 Å². The van der Waals surface area contributed by atoms with E-state index in [0.717, 1.165) is 22.4 Å². The van der Waals surface area contributed by atoms with Crippen LogP contribution in [0.25, 0.3) is 22.2 Å². The molecule has 4 atom stereocenters. The van der Waals surface area contributed by atoms with Gasteiger partial charge in [-0.3, -0.25) is 34.4 Å². The normalized spacial score (nSPS) is 14.0. The molecule has 1 fully saturated rings. The summed E-state index contributed by atoms with van der Waals surface area (Å²) in [6.07, 6.45) is 2.14. The Kier molecular flexibility index (Phi) is 21.7. The highest BCUT2D eigenvalue weighted by atomic mass is 16.5. The SMILES string of the molecule is COC(=O)N[C@H](C(=O)N[C@@H](Cc1ccccc1)[C@@H](O)CN(Cc1ccc(-c2ccccn2)cc1)NC(=O)[C@@H](NC(=O)OC)C(C)(C)C)C(C)(C)C.COc1ncc(OC)c2c(C(=O)C(=O)N3CCN(C(=O)c4ccccc4)CC3)c[nH]c12. The third-order valence-corrected chi connectivity index (χ3v) is 13.6. The van der Waals surface area contributed by atoms with Crippen molar-refractivity contribution in [3.05, 3.63) is 144 Å². The van der Waals surface area contributed by atoms with Gasteiger partial charge in [-0.15, -0.1) is 0 Å². The zero-order valence-corrected chi connectivity index (χ0v) is 48.0. The van der Waals surface area contributed by atoms with E-state index in [1.165, 1.54) is 45.7 Å². The first-order valence-electron chi connectivity index (χ1n) is 26.6. The first-order valence-corrected chi connectivity index (χ1v) is 26.6. The summed E-state index contributed by atoms with van der Waals surface area (Å²) < 4.78 is 20.1. The topological polar surface area (TPSA) is 276 Å². The number of rotatable bonds is 19. The fraction of sp³-hybridized carbons (Fsp3) is 0.383. The van der Waals surface area contributed by atoms with E-state index >= 15 is 0 Å². The van der Waals surface area contributed by atoms with Crippen LogP contribution in [0, 0.1) is 10.8 Å². The second-order valence-electron chi connectivity index (χ2n) is 21.6. The Morgan fingerprint density at radius 3 is 1.79 bits per heavy atom. The molecule has 0 unspecified atom stereocenters. The lowest BCUT2D eigenvalue weighted by atomic mass is 9.85. The Labute approximate surface area is 477 Å². The van der Waals surface area contributed by atoms with Crippen molar-refractivity contribution in [2.75, 3.05) is 61.2 Å². The first kappa shape index (κ1) is 62.3. The number of Topliss-reactive ketones (excluding diaryl/α,β-unsaturated/α-hetero) is 1. The highest BCUT2D eigenvalue weighted by Crippen LogP contribution is 2.34. The van der Waals surface area contributed by atoms with Crippen LogP contribution in [0.4, 0.5) is 9.59 Å². The van der Waals surface area contributed by atoms with Gasteiger partial charge < -0.3 is 54.8 Å². The Bertz CT molecular complexity index is 3120. The highest BCUT2D eigenvalue weighted by molar-refractivity contribution is 6.45. The van der Waals surface area contributed by atoms with Crippen molar-refractivity contribution < 1.29 is 57.6 Å². The summed E-state index contributed by atoms with van der Waals surface area (Å²) in [6.45, 7) is 12.2. The number of ether oxygens (including phenoxy) is 4. The molecule has 6 N–H and O–H groups in total. The summed E-state index contributed by atoms with van der Waals surface area (Å²) in [5.41, 5.74) is 6.16. The van der Waals surface area contributed by atoms with Gasteiger partial charge in [0.2, 0.25) is 11.8 Å². The number of piperazine rings is 1. The number of carbonyl (C=O) groups excluding carboxylic acids is 7. The second-order valence-corrected chi connectivity index (χ2v) is 21.6. The number of amides is 6. The Morgan fingerprint density at radius 2 is 1.24 bits per heavy atom. The summed E-state index contributed by atoms with van der Waals surface area (Å²) in [4.78, 5) is 105. The predicted molar refractivity (Wildman–Crippen MR) is 306 cm³/mol. The van der Waals surface area contributed by atoms with Gasteiger partial charge in [0.1, 0.15) is 23.3 Å². The van der Waals surface area contributed by atoms with Crippen molar-refractivity contribution in [3.8, 4) is 22.9 Å². The van der Waals surface area contributed by atoms with Crippen LogP contribution in [0.1, 0.15) is 73.4 Å². The molecule has 22 heteroatoms. The molecule has 6 aromatic rings. The number of carbonyl (C=O) groups is 7. The lowest BCUT2D eigenvalue weighted by Gasteiger charge is -2.35. The molecule has 4 heterocycles. The second kappa shape index (κ2) is 28.5. The molecule has 1 aliphatic heterocycles. The van der Waals surface area contributed by atoms with Crippen LogP contribution in [0.3, 0.4) is 0 Å². The van der Waals surface area contributed by atoms with Crippen molar-refractivity contribution in [1.82, 2.24) is 51.1 Å². The number of aliphatic hydroxyl groups is 1. The van der Waals surface area contributed by atoms with Crippen LogP contribution in [0.5, 0.6) is 11.6 Å². The largest absolute Gasteiger partial charge is 0.494 e. The molecular formula is C60H74N10O12. The number of alkyl carbamates (subject to hydrolysis) is 2. The lowest BCUT2D eigenvalue weighted by molar-refractivity contribution is -0.132. The van der Waals surface area contributed by atoms with Crippen LogP contribution in [0.2, 0.25) is 0 Å². The van der Waals surface area contributed by atoms with Crippen LogP contribution in [-0.4, -0.2) is 162 Å². The molecule has 0 saturated carbocycles. The predicted octanol–water partition coefficient (Wildman–Crippen LogP) is 5.96. The number of aliphatic hydroxyl groups excluding tert-OH is 1. The van der Waals surface area contributed by atoms with E-state index in [2.05, 4.69) is 36.3 Å². The molecule has 3 aromatic heterocycles. The summed E-state index contributed by atoms with van der Waals surface area (Å²) in [5, 5.41) is 22.0. The number of aromatic nitrogens is 3. The summed E-state index contributed by atoms with van der Waals surface area (Å²) in [6, 6.07) is 28.8. The monoisotopic (exact) mass is 1130 g/mol. The number of methoxy groups -OCH3 is 4. The molecule has 436 valence electrons. The Balaban J connectivity index is 0.000000295. The maximum Gasteiger partial charge on any atom is 0.407 e. The molecule has 82 heavy (non-hydrogen) atoms. The number of ketones is 1. The van der Waals surface area contributed by atoms with Crippen LogP contribution >= 0.6 is 0 Å². The lowest BCUT2D eigenvalue weighted by Crippen LogP contribution is -2.60. The number of hydrogen-bond donors (Lipinski definition) is 6. The number of H-pyrrole nitrogens is 1.